The summed E-state index contributed by atoms with van der Waals surface area (Å²) in [5.74, 6) is -0.444. The third-order valence-electron chi connectivity index (χ3n) is 5.31. The van der Waals surface area contributed by atoms with Gasteiger partial charge in [-0.1, -0.05) is 18.2 Å². The zero-order valence-electron chi connectivity index (χ0n) is 17.0. The van der Waals surface area contributed by atoms with Crippen LogP contribution in [0.4, 0.5) is 0 Å². The molecule has 0 radical (unpaired) electrons. The Labute approximate surface area is 171 Å². The maximum Gasteiger partial charge on any atom is 0.261 e. The minimum absolute atomic E-state index is 0. The molecule has 152 valence electrons. The van der Waals surface area contributed by atoms with E-state index in [1.807, 2.05) is 59.2 Å². The second-order valence-electron chi connectivity index (χ2n) is 7.26. The molecular weight excluding hydrogens is 366 g/mol. The number of carbonyl (C=O) groups is 2. The van der Waals surface area contributed by atoms with Crippen LogP contribution in [-0.4, -0.2) is 39.5 Å². The molecule has 0 spiro atoms. The maximum atomic E-state index is 13.0. The summed E-state index contributed by atoms with van der Waals surface area (Å²) in [5, 5.41) is 10.8. The number of amides is 2. The van der Waals surface area contributed by atoms with E-state index in [0.717, 1.165) is 29.3 Å². The third kappa shape index (κ3) is 3.80. The van der Waals surface area contributed by atoms with Crippen LogP contribution in [0, 0.1) is 7.43 Å². The first kappa shape index (κ1) is 20.7. The van der Waals surface area contributed by atoms with Crippen molar-refractivity contribution in [3.63, 3.8) is 0 Å². The summed E-state index contributed by atoms with van der Waals surface area (Å²) in [5.41, 5.74) is 2.24. The summed E-state index contributed by atoms with van der Waals surface area (Å²) in [6, 6.07) is 9.40. The van der Waals surface area contributed by atoms with E-state index in [1.54, 1.807) is 6.07 Å². The summed E-state index contributed by atoms with van der Waals surface area (Å²) in [6.07, 6.45) is 7.99. The Morgan fingerprint density at radius 1 is 1.00 bits per heavy atom. The van der Waals surface area contributed by atoms with Gasteiger partial charge in [0.2, 0.25) is 6.33 Å². The van der Waals surface area contributed by atoms with Gasteiger partial charge in [-0.2, -0.15) is 0 Å². The number of aromatic nitrogens is 2. The molecule has 29 heavy (non-hydrogen) atoms. The van der Waals surface area contributed by atoms with Gasteiger partial charge in [0, 0.05) is 36.1 Å². The van der Waals surface area contributed by atoms with Crippen LogP contribution < -0.4 is 4.57 Å². The Balaban J connectivity index is 0.00000240. The van der Waals surface area contributed by atoms with Crippen molar-refractivity contribution in [2.75, 3.05) is 13.2 Å². The first-order valence-corrected chi connectivity index (χ1v) is 9.63. The predicted octanol–water partition coefficient (Wildman–Crippen LogP) is 2.53. The Hall–Kier alpha value is -2.99. The van der Waals surface area contributed by atoms with Crippen LogP contribution in [0.15, 0.2) is 49.1 Å². The second-order valence-corrected chi connectivity index (χ2v) is 7.26. The Kier molecular flexibility index (Phi) is 6.13. The molecule has 2 heterocycles. The van der Waals surface area contributed by atoms with Gasteiger partial charge in [0.25, 0.3) is 11.8 Å². The number of benzene rings is 2. The molecule has 1 N–H and O–H groups in total. The van der Waals surface area contributed by atoms with E-state index in [4.69, 9.17) is 5.11 Å². The number of aliphatic hydroxyl groups is 1. The van der Waals surface area contributed by atoms with E-state index in [0.29, 0.717) is 30.5 Å². The van der Waals surface area contributed by atoms with Crippen molar-refractivity contribution in [1.82, 2.24) is 9.47 Å². The lowest BCUT2D eigenvalue weighted by Crippen LogP contribution is -2.41. The molecule has 0 saturated heterocycles. The molecule has 0 fully saturated rings. The first-order valence-electron chi connectivity index (χ1n) is 9.63. The van der Waals surface area contributed by atoms with E-state index in [1.165, 1.54) is 4.90 Å². The standard InChI is InChI=1S/C22H24N3O3.CH3/c1-23-12-13-24(15-23)10-4-11-25-21(27)18-7-2-6-17-16(5-3-14-26)8-9-19(20(17)18)22(25)28;/h2,6-9,12-13,15,26H,3-5,10-11,14H2,1H3;1H3/q+1;-1. The number of rotatable bonds is 7. The van der Waals surface area contributed by atoms with Crippen LogP contribution in [-0.2, 0) is 20.0 Å². The van der Waals surface area contributed by atoms with E-state index in [-0.39, 0.29) is 25.8 Å². The fraction of sp³-hybridized carbons (Fsp3) is 0.304. The topological polar surface area (TPSA) is 66.4 Å². The van der Waals surface area contributed by atoms with Gasteiger partial charge in [-0.15, -0.1) is 0 Å². The molecule has 2 aromatic carbocycles. The highest BCUT2D eigenvalue weighted by Crippen LogP contribution is 2.32. The highest BCUT2D eigenvalue weighted by molar-refractivity contribution is 6.25. The van der Waals surface area contributed by atoms with E-state index < -0.39 is 0 Å². The smallest absolute Gasteiger partial charge is 0.261 e. The van der Waals surface area contributed by atoms with Crippen LogP contribution >= 0.6 is 0 Å². The Morgan fingerprint density at radius 3 is 2.45 bits per heavy atom. The third-order valence-corrected chi connectivity index (χ3v) is 5.31. The van der Waals surface area contributed by atoms with Crippen molar-refractivity contribution in [2.24, 2.45) is 7.05 Å². The number of imide groups is 1. The summed E-state index contributed by atoms with van der Waals surface area (Å²) < 4.78 is 4.00. The van der Waals surface area contributed by atoms with E-state index >= 15 is 0 Å². The van der Waals surface area contributed by atoms with Crippen LogP contribution in [0.25, 0.3) is 10.8 Å². The summed E-state index contributed by atoms with van der Waals surface area (Å²) in [4.78, 5) is 27.4. The summed E-state index contributed by atoms with van der Waals surface area (Å²) >= 11 is 0. The molecule has 0 aliphatic carbocycles. The van der Waals surface area contributed by atoms with Gasteiger partial charge in [0.05, 0.1) is 13.6 Å². The molecule has 0 bridgehead atoms. The number of carbonyl (C=O) groups excluding carboxylic acids is 2. The number of hydrogen-bond acceptors (Lipinski definition) is 3. The summed E-state index contributed by atoms with van der Waals surface area (Å²) in [7, 11) is 1.96. The predicted molar refractivity (Wildman–Crippen MR) is 111 cm³/mol. The van der Waals surface area contributed by atoms with Crippen molar-refractivity contribution in [2.45, 2.75) is 25.8 Å². The number of aryl methyl sites for hydroxylation is 3. The molecule has 3 aromatic rings. The lowest BCUT2D eigenvalue weighted by Gasteiger charge is -2.27. The Morgan fingerprint density at radius 2 is 1.76 bits per heavy atom. The van der Waals surface area contributed by atoms with Crippen LogP contribution in [0.3, 0.4) is 0 Å². The highest BCUT2D eigenvalue weighted by atomic mass is 16.3. The van der Waals surface area contributed by atoms with Crippen molar-refractivity contribution < 1.29 is 19.3 Å². The monoisotopic (exact) mass is 393 g/mol. The van der Waals surface area contributed by atoms with Gasteiger partial charge in [-0.3, -0.25) is 14.5 Å². The number of aliphatic hydroxyl groups excluding tert-OH is 1. The summed E-state index contributed by atoms with van der Waals surface area (Å²) in [6.45, 7) is 1.25. The average molecular weight is 393 g/mol. The minimum Gasteiger partial charge on any atom is -0.396 e. The zero-order chi connectivity index (χ0) is 19.7. The van der Waals surface area contributed by atoms with Gasteiger partial charge in [-0.05, 0) is 35.9 Å². The van der Waals surface area contributed by atoms with E-state index in [2.05, 4.69) is 0 Å². The molecule has 4 rings (SSSR count). The first-order chi connectivity index (χ1) is 13.6. The lowest BCUT2D eigenvalue weighted by atomic mass is 9.90. The zero-order valence-corrected chi connectivity index (χ0v) is 17.0. The largest absolute Gasteiger partial charge is 0.396 e. The molecule has 0 unspecified atom stereocenters. The molecule has 1 aliphatic rings. The minimum atomic E-state index is -0.222. The van der Waals surface area contributed by atoms with Crippen LogP contribution in [0.2, 0.25) is 0 Å². The molecule has 0 atom stereocenters. The van der Waals surface area contributed by atoms with Crippen LogP contribution in [0.1, 0.15) is 39.1 Å². The SMILES string of the molecule is C[n+]1ccn(CCCN2C(=O)c3cccc4c(CCCO)ccc(c34)C2=O)c1.[CH3-]. The van der Waals surface area contributed by atoms with Crippen molar-refractivity contribution >= 4 is 22.6 Å². The maximum absolute atomic E-state index is 13.0. The second kappa shape index (κ2) is 8.57. The molecule has 2 amide bonds. The van der Waals surface area contributed by atoms with Crippen molar-refractivity contribution in [3.8, 4) is 0 Å². The van der Waals surface area contributed by atoms with Gasteiger partial charge in [-0.25, -0.2) is 9.13 Å². The van der Waals surface area contributed by atoms with Crippen molar-refractivity contribution in [3.05, 3.63) is 73.2 Å². The molecule has 1 aromatic heterocycles. The lowest BCUT2D eigenvalue weighted by molar-refractivity contribution is -0.671. The van der Waals surface area contributed by atoms with E-state index in [9.17, 15) is 9.59 Å². The van der Waals surface area contributed by atoms with Crippen molar-refractivity contribution in [1.29, 1.82) is 0 Å². The highest BCUT2D eigenvalue weighted by Gasteiger charge is 2.32. The quantitative estimate of drug-likeness (QED) is 0.381. The van der Waals surface area contributed by atoms with Gasteiger partial charge in [0.1, 0.15) is 12.4 Å². The number of imidazole rings is 1. The van der Waals surface area contributed by atoms with Crippen LogP contribution in [0.5, 0.6) is 0 Å². The number of nitrogens with zero attached hydrogens (tertiary/aromatic N) is 3. The Bertz CT molecular complexity index is 1030. The molecule has 0 saturated carbocycles. The average Bonchev–Trinajstić information content (AvgIpc) is 3.12. The molecule has 6 nitrogen and oxygen atoms in total. The van der Waals surface area contributed by atoms with Gasteiger partial charge in [0.15, 0.2) is 0 Å². The number of hydrogen-bond donors (Lipinski definition) is 1. The fourth-order valence-corrected chi connectivity index (χ4v) is 3.94. The van der Waals surface area contributed by atoms with Gasteiger partial charge >= 0.3 is 0 Å². The molecular formula is C23H27N3O3. The molecule has 6 heteroatoms. The fourth-order valence-electron chi connectivity index (χ4n) is 3.94. The molecule has 1 aliphatic heterocycles. The van der Waals surface area contributed by atoms with Gasteiger partial charge < -0.3 is 12.5 Å². The normalized spacial score (nSPS) is 13.1.